The number of pyridine rings is 1. The fraction of sp³-hybridized carbons (Fsp3) is 0.0769. The van der Waals surface area contributed by atoms with Crippen LogP contribution in [0.2, 0.25) is 0 Å². The number of nitrogens with one attached hydrogen (secondary N) is 1. The summed E-state index contributed by atoms with van der Waals surface area (Å²) in [4.78, 5) is 23.4. The number of carbonyl (C=O) groups is 1. The van der Waals surface area contributed by atoms with Gasteiger partial charge in [0.1, 0.15) is 0 Å². The molecule has 0 spiro atoms. The number of carbonyl (C=O) groups excluding carboxylic acids is 1. The molecule has 1 aromatic heterocycles. The molecule has 0 atom stereocenters. The van der Waals surface area contributed by atoms with Crippen LogP contribution in [0.4, 0.5) is 5.69 Å². The molecule has 2 aromatic rings. The molecule has 0 aliphatic heterocycles. The fourth-order valence-corrected chi connectivity index (χ4v) is 1.97. The van der Waals surface area contributed by atoms with Crippen LogP contribution in [0.5, 0.6) is 0 Å². The molecule has 0 radical (unpaired) electrons. The number of para-hydroxylation sites is 1. The summed E-state index contributed by atoms with van der Waals surface area (Å²) in [7, 11) is 1.64. The Balaban J connectivity index is 2.25. The van der Waals surface area contributed by atoms with Crippen molar-refractivity contribution in [1.29, 1.82) is 0 Å². The number of hydrogen-bond donors (Lipinski definition) is 1. The van der Waals surface area contributed by atoms with E-state index in [2.05, 4.69) is 27.9 Å². The highest BCUT2D eigenvalue weighted by molar-refractivity contribution is 14.1. The number of hydrogen-bond acceptors (Lipinski definition) is 2. The summed E-state index contributed by atoms with van der Waals surface area (Å²) < 4.78 is 2.37. The lowest BCUT2D eigenvalue weighted by Crippen LogP contribution is -2.20. The first-order valence-electron chi connectivity index (χ1n) is 5.30. The normalized spacial score (nSPS) is 10.1. The van der Waals surface area contributed by atoms with Crippen LogP contribution in [0.15, 0.2) is 47.4 Å². The molecule has 92 valence electrons. The quantitative estimate of drug-likeness (QED) is 0.841. The van der Waals surface area contributed by atoms with E-state index >= 15 is 0 Å². The number of nitrogens with zero attached hydrogens (tertiary/aromatic N) is 1. The number of benzene rings is 1. The molecule has 0 bridgehead atoms. The number of rotatable bonds is 2. The van der Waals surface area contributed by atoms with Gasteiger partial charge in [-0.15, -0.1) is 0 Å². The third kappa shape index (κ3) is 2.79. The molecule has 1 heterocycles. The zero-order valence-electron chi connectivity index (χ0n) is 9.68. The van der Waals surface area contributed by atoms with Gasteiger partial charge >= 0.3 is 0 Å². The van der Waals surface area contributed by atoms with E-state index in [1.807, 2.05) is 24.3 Å². The van der Waals surface area contributed by atoms with Crippen LogP contribution in [-0.2, 0) is 7.05 Å². The maximum atomic E-state index is 12.0. The van der Waals surface area contributed by atoms with E-state index in [0.717, 1.165) is 9.26 Å². The zero-order chi connectivity index (χ0) is 13.1. The van der Waals surface area contributed by atoms with Gasteiger partial charge in [-0.1, -0.05) is 12.1 Å². The van der Waals surface area contributed by atoms with Gasteiger partial charge in [-0.25, -0.2) is 0 Å². The predicted molar refractivity (Wildman–Crippen MR) is 78.8 cm³/mol. The first-order valence-corrected chi connectivity index (χ1v) is 6.38. The first-order chi connectivity index (χ1) is 8.58. The van der Waals surface area contributed by atoms with E-state index in [9.17, 15) is 9.59 Å². The van der Waals surface area contributed by atoms with Gasteiger partial charge in [0, 0.05) is 28.4 Å². The lowest BCUT2D eigenvalue weighted by atomic mass is 10.2. The van der Waals surface area contributed by atoms with Gasteiger partial charge < -0.3 is 9.88 Å². The van der Waals surface area contributed by atoms with E-state index in [1.165, 1.54) is 10.6 Å². The minimum atomic E-state index is -0.281. The first kappa shape index (κ1) is 12.8. The smallest absolute Gasteiger partial charge is 0.255 e. The summed E-state index contributed by atoms with van der Waals surface area (Å²) in [5, 5.41) is 2.78. The number of aryl methyl sites for hydroxylation is 1. The molecule has 0 fully saturated rings. The summed E-state index contributed by atoms with van der Waals surface area (Å²) in [5.74, 6) is -0.281. The van der Waals surface area contributed by atoms with Crippen molar-refractivity contribution in [3.05, 3.63) is 62.1 Å². The van der Waals surface area contributed by atoms with Gasteiger partial charge in [0.15, 0.2) is 0 Å². The molecule has 0 saturated heterocycles. The highest BCUT2D eigenvalue weighted by Crippen LogP contribution is 2.17. The van der Waals surface area contributed by atoms with Crippen LogP contribution >= 0.6 is 22.6 Å². The van der Waals surface area contributed by atoms with Crippen molar-refractivity contribution in [3.8, 4) is 0 Å². The molecule has 0 aliphatic carbocycles. The largest absolute Gasteiger partial charge is 0.321 e. The third-order valence-corrected chi connectivity index (χ3v) is 3.43. The van der Waals surface area contributed by atoms with Gasteiger partial charge in [0.25, 0.3) is 11.5 Å². The van der Waals surface area contributed by atoms with E-state index < -0.39 is 0 Å². The van der Waals surface area contributed by atoms with E-state index in [1.54, 1.807) is 19.3 Å². The number of halogens is 1. The van der Waals surface area contributed by atoms with Crippen molar-refractivity contribution in [2.24, 2.45) is 7.05 Å². The lowest BCUT2D eigenvalue weighted by molar-refractivity contribution is 0.102. The maximum Gasteiger partial charge on any atom is 0.255 e. The second-order valence-corrected chi connectivity index (χ2v) is 4.96. The minimum Gasteiger partial charge on any atom is -0.321 e. The second-order valence-electron chi connectivity index (χ2n) is 3.80. The average molecular weight is 354 g/mol. The van der Waals surface area contributed by atoms with Gasteiger partial charge in [0.2, 0.25) is 0 Å². The summed E-state index contributed by atoms with van der Waals surface area (Å²) in [5.41, 5.74) is 0.895. The molecule has 5 heteroatoms. The molecule has 2 rings (SSSR count). The van der Waals surface area contributed by atoms with Crippen molar-refractivity contribution in [2.45, 2.75) is 0 Å². The Bertz CT molecular complexity index is 649. The molecule has 18 heavy (non-hydrogen) atoms. The van der Waals surface area contributed by atoms with E-state index in [0.29, 0.717) is 5.56 Å². The molecule has 0 saturated carbocycles. The van der Waals surface area contributed by atoms with Crippen LogP contribution in [0.1, 0.15) is 10.4 Å². The monoisotopic (exact) mass is 354 g/mol. The van der Waals surface area contributed by atoms with Crippen LogP contribution in [0, 0.1) is 3.57 Å². The van der Waals surface area contributed by atoms with Crippen LogP contribution in [-0.4, -0.2) is 10.5 Å². The van der Waals surface area contributed by atoms with Gasteiger partial charge in [-0.05, 0) is 40.8 Å². The number of amides is 1. The van der Waals surface area contributed by atoms with Gasteiger partial charge in [-0.2, -0.15) is 0 Å². The Labute approximate surface area is 118 Å². The van der Waals surface area contributed by atoms with Crippen molar-refractivity contribution in [3.63, 3.8) is 0 Å². The standard InChI is InChI=1S/C13H11IN2O2/c1-16-7-6-9(8-12(16)17)13(18)15-11-5-3-2-4-10(11)14/h2-8H,1H3,(H,15,18). The van der Waals surface area contributed by atoms with Crippen molar-refractivity contribution < 1.29 is 4.79 Å². The maximum absolute atomic E-state index is 12.0. The average Bonchev–Trinajstić information content (AvgIpc) is 2.35. The minimum absolute atomic E-state index is 0.203. The summed E-state index contributed by atoms with van der Waals surface area (Å²) in [6.07, 6.45) is 1.58. The topological polar surface area (TPSA) is 51.1 Å². The Kier molecular flexibility index (Phi) is 3.81. The van der Waals surface area contributed by atoms with E-state index in [4.69, 9.17) is 0 Å². The molecule has 0 unspecified atom stereocenters. The summed E-state index contributed by atoms with van der Waals surface area (Å²) >= 11 is 2.14. The SMILES string of the molecule is Cn1ccc(C(=O)Nc2ccccc2I)cc1=O. The molecule has 1 N–H and O–H groups in total. The number of aromatic nitrogens is 1. The fourth-order valence-electron chi connectivity index (χ4n) is 1.45. The molecule has 1 aromatic carbocycles. The molecule has 4 nitrogen and oxygen atoms in total. The van der Waals surface area contributed by atoms with Crippen LogP contribution in [0.25, 0.3) is 0 Å². The number of anilines is 1. The Morgan fingerprint density at radius 3 is 2.67 bits per heavy atom. The highest BCUT2D eigenvalue weighted by atomic mass is 127. The Morgan fingerprint density at radius 1 is 1.28 bits per heavy atom. The Hall–Kier alpha value is -1.63. The molecular formula is C13H11IN2O2. The summed E-state index contributed by atoms with van der Waals surface area (Å²) in [6, 6.07) is 10.4. The molecule has 0 aliphatic rings. The Morgan fingerprint density at radius 2 is 2.00 bits per heavy atom. The van der Waals surface area contributed by atoms with Crippen LogP contribution < -0.4 is 10.9 Å². The lowest BCUT2D eigenvalue weighted by Gasteiger charge is -2.07. The van der Waals surface area contributed by atoms with Crippen molar-refractivity contribution in [2.75, 3.05) is 5.32 Å². The molecular weight excluding hydrogens is 343 g/mol. The highest BCUT2D eigenvalue weighted by Gasteiger charge is 2.08. The summed E-state index contributed by atoms with van der Waals surface area (Å²) in [6.45, 7) is 0. The van der Waals surface area contributed by atoms with Crippen LogP contribution in [0.3, 0.4) is 0 Å². The molecule has 1 amide bonds. The van der Waals surface area contributed by atoms with E-state index in [-0.39, 0.29) is 11.5 Å². The second kappa shape index (κ2) is 5.34. The van der Waals surface area contributed by atoms with Gasteiger partial charge in [0.05, 0.1) is 5.69 Å². The van der Waals surface area contributed by atoms with Crippen molar-refractivity contribution >= 4 is 34.2 Å². The predicted octanol–water partition coefficient (Wildman–Crippen LogP) is 2.24. The van der Waals surface area contributed by atoms with Crippen molar-refractivity contribution in [1.82, 2.24) is 4.57 Å². The van der Waals surface area contributed by atoms with Gasteiger partial charge in [-0.3, -0.25) is 9.59 Å². The third-order valence-electron chi connectivity index (χ3n) is 2.49. The zero-order valence-corrected chi connectivity index (χ0v) is 11.8.